The molecule has 0 atom stereocenters. The highest BCUT2D eigenvalue weighted by atomic mass is 32.2. The van der Waals surface area contributed by atoms with E-state index in [0.717, 1.165) is 25.3 Å². The Hall–Kier alpha value is -1.12. The van der Waals surface area contributed by atoms with Crippen LogP contribution in [-0.4, -0.2) is 70.1 Å². The van der Waals surface area contributed by atoms with Gasteiger partial charge in [-0.15, -0.1) is 11.3 Å². The average Bonchev–Trinajstić information content (AvgIpc) is 3.00. The van der Waals surface area contributed by atoms with Crippen LogP contribution in [0.2, 0.25) is 0 Å². The number of thiophene rings is 1. The van der Waals surface area contributed by atoms with E-state index in [1.165, 1.54) is 15.4 Å². The van der Waals surface area contributed by atoms with Gasteiger partial charge in [-0.1, -0.05) is 13.0 Å². The van der Waals surface area contributed by atoms with Crippen molar-refractivity contribution in [2.24, 2.45) is 4.99 Å². The number of hydrogen-bond acceptors (Lipinski definition) is 4. The molecule has 0 aromatic carbocycles. The summed E-state index contributed by atoms with van der Waals surface area (Å²) in [7, 11) is 0.669. The highest BCUT2D eigenvalue weighted by Crippen LogP contribution is 2.09. The van der Waals surface area contributed by atoms with Gasteiger partial charge in [-0.25, -0.2) is 12.7 Å². The molecule has 1 aromatic heterocycles. The first-order valence-electron chi connectivity index (χ1n) is 7.77. The number of hydrogen-bond donors (Lipinski definition) is 1. The van der Waals surface area contributed by atoms with Crippen LogP contribution in [0.4, 0.5) is 0 Å². The molecule has 0 amide bonds. The van der Waals surface area contributed by atoms with Crippen LogP contribution < -0.4 is 5.32 Å². The third-order valence-corrected chi connectivity index (χ3v) is 5.85. The quantitative estimate of drug-likeness (QED) is 0.411. The van der Waals surface area contributed by atoms with Crippen molar-refractivity contribution >= 4 is 27.3 Å². The SMILES string of the molecule is CCN(CCCNC(=NC)N(C)CCc1cccs1)S(C)(=O)=O. The Bertz CT molecular complexity index is 570. The van der Waals surface area contributed by atoms with Gasteiger partial charge in [0, 0.05) is 45.2 Å². The van der Waals surface area contributed by atoms with Gasteiger partial charge in [-0.05, 0) is 24.3 Å². The van der Waals surface area contributed by atoms with Crippen LogP contribution in [-0.2, 0) is 16.4 Å². The molecule has 1 N–H and O–H groups in total. The number of nitrogens with zero attached hydrogens (tertiary/aromatic N) is 3. The second-order valence-electron chi connectivity index (χ2n) is 5.33. The van der Waals surface area contributed by atoms with Gasteiger partial charge in [0.15, 0.2) is 5.96 Å². The van der Waals surface area contributed by atoms with Gasteiger partial charge in [-0.2, -0.15) is 0 Å². The van der Waals surface area contributed by atoms with Crippen LogP contribution in [0.1, 0.15) is 18.2 Å². The molecule has 0 saturated carbocycles. The monoisotopic (exact) mass is 360 g/mol. The van der Waals surface area contributed by atoms with E-state index in [4.69, 9.17) is 0 Å². The summed E-state index contributed by atoms with van der Waals surface area (Å²) in [5.74, 6) is 0.837. The fourth-order valence-corrected chi connectivity index (χ4v) is 3.87. The minimum atomic E-state index is -3.11. The number of guanidine groups is 1. The number of likely N-dealkylation sites (N-methyl/N-ethyl adjacent to an activating group) is 1. The molecule has 0 saturated heterocycles. The van der Waals surface area contributed by atoms with Gasteiger partial charge in [-0.3, -0.25) is 4.99 Å². The topological polar surface area (TPSA) is 65.0 Å². The molecule has 1 aromatic rings. The Morgan fingerprint density at radius 2 is 2.13 bits per heavy atom. The summed E-state index contributed by atoms with van der Waals surface area (Å²) >= 11 is 1.76. The van der Waals surface area contributed by atoms with E-state index in [9.17, 15) is 8.42 Å². The molecule has 1 heterocycles. The first-order valence-corrected chi connectivity index (χ1v) is 10.5. The predicted molar refractivity (Wildman–Crippen MR) is 98.7 cm³/mol. The fraction of sp³-hybridized carbons (Fsp3) is 0.667. The largest absolute Gasteiger partial charge is 0.356 e. The molecule has 23 heavy (non-hydrogen) atoms. The van der Waals surface area contributed by atoms with E-state index in [1.54, 1.807) is 18.4 Å². The summed E-state index contributed by atoms with van der Waals surface area (Å²) in [5, 5.41) is 5.37. The van der Waals surface area contributed by atoms with Gasteiger partial charge in [0.2, 0.25) is 10.0 Å². The van der Waals surface area contributed by atoms with E-state index >= 15 is 0 Å². The molecule has 0 aliphatic carbocycles. The van der Waals surface area contributed by atoms with Crippen molar-refractivity contribution in [2.45, 2.75) is 19.8 Å². The van der Waals surface area contributed by atoms with E-state index in [1.807, 2.05) is 14.0 Å². The van der Waals surface area contributed by atoms with Gasteiger partial charge in [0.25, 0.3) is 0 Å². The van der Waals surface area contributed by atoms with Crippen molar-refractivity contribution < 1.29 is 8.42 Å². The van der Waals surface area contributed by atoms with Crippen LogP contribution >= 0.6 is 11.3 Å². The number of nitrogens with one attached hydrogen (secondary N) is 1. The van der Waals surface area contributed by atoms with Gasteiger partial charge < -0.3 is 10.2 Å². The zero-order chi connectivity index (χ0) is 17.3. The van der Waals surface area contributed by atoms with Gasteiger partial charge in [0.05, 0.1) is 6.26 Å². The third-order valence-electron chi connectivity index (χ3n) is 3.54. The third kappa shape index (κ3) is 7.32. The van der Waals surface area contributed by atoms with E-state index in [0.29, 0.717) is 19.6 Å². The van der Waals surface area contributed by atoms with Crippen LogP contribution in [0.3, 0.4) is 0 Å². The van der Waals surface area contributed by atoms with E-state index < -0.39 is 10.0 Å². The van der Waals surface area contributed by atoms with E-state index in [-0.39, 0.29) is 0 Å². The molecule has 0 aliphatic rings. The van der Waals surface area contributed by atoms with Crippen molar-refractivity contribution in [1.29, 1.82) is 0 Å². The molecule has 0 spiro atoms. The van der Waals surface area contributed by atoms with Crippen LogP contribution in [0.25, 0.3) is 0 Å². The Morgan fingerprint density at radius 3 is 2.65 bits per heavy atom. The normalized spacial score (nSPS) is 12.7. The summed E-state index contributed by atoms with van der Waals surface area (Å²) in [6, 6.07) is 4.20. The minimum Gasteiger partial charge on any atom is -0.356 e. The minimum absolute atomic E-state index is 0.508. The van der Waals surface area contributed by atoms with Crippen molar-refractivity contribution in [3.05, 3.63) is 22.4 Å². The summed E-state index contributed by atoms with van der Waals surface area (Å²) in [6.07, 6.45) is 2.99. The van der Waals surface area contributed by atoms with Crippen LogP contribution in [0.5, 0.6) is 0 Å². The predicted octanol–water partition coefficient (Wildman–Crippen LogP) is 1.47. The summed E-state index contributed by atoms with van der Waals surface area (Å²) in [6.45, 7) is 4.48. The maximum atomic E-state index is 11.5. The number of rotatable bonds is 9. The molecule has 0 bridgehead atoms. The summed E-state index contributed by atoms with van der Waals surface area (Å²) in [5.41, 5.74) is 0. The number of sulfonamides is 1. The average molecular weight is 361 g/mol. The maximum absolute atomic E-state index is 11.5. The lowest BCUT2D eigenvalue weighted by atomic mass is 10.3. The molecule has 0 aliphatic heterocycles. The zero-order valence-electron chi connectivity index (χ0n) is 14.4. The molecule has 8 heteroatoms. The van der Waals surface area contributed by atoms with Crippen LogP contribution in [0, 0.1) is 0 Å². The molecule has 1 rings (SSSR count). The van der Waals surface area contributed by atoms with Crippen molar-refractivity contribution in [1.82, 2.24) is 14.5 Å². The Kier molecular flexibility index (Phi) is 8.57. The Labute approximate surface area is 144 Å². The van der Waals surface area contributed by atoms with Gasteiger partial charge in [0.1, 0.15) is 0 Å². The first-order chi connectivity index (χ1) is 10.9. The maximum Gasteiger partial charge on any atom is 0.211 e. The smallest absolute Gasteiger partial charge is 0.211 e. The zero-order valence-corrected chi connectivity index (χ0v) is 16.1. The Morgan fingerprint density at radius 1 is 1.39 bits per heavy atom. The van der Waals surface area contributed by atoms with Crippen molar-refractivity contribution in [3.8, 4) is 0 Å². The molecule has 132 valence electrons. The van der Waals surface area contributed by atoms with Crippen molar-refractivity contribution in [3.63, 3.8) is 0 Å². The first kappa shape index (κ1) is 19.9. The molecule has 6 nitrogen and oxygen atoms in total. The fourth-order valence-electron chi connectivity index (χ4n) is 2.24. The number of aliphatic imine (C=N–C) groups is 1. The van der Waals surface area contributed by atoms with Gasteiger partial charge >= 0.3 is 0 Å². The second-order valence-corrected chi connectivity index (χ2v) is 8.35. The van der Waals surface area contributed by atoms with Crippen LogP contribution in [0.15, 0.2) is 22.5 Å². The highest BCUT2D eigenvalue weighted by molar-refractivity contribution is 7.88. The molecule has 0 radical (unpaired) electrons. The Balaban J connectivity index is 2.33. The standard InChI is InChI=1S/C15H28N4O2S2/c1-5-19(23(4,20)21)11-7-10-17-15(16-2)18(3)12-9-14-8-6-13-22-14/h6,8,13H,5,7,9-12H2,1-4H3,(H,16,17). The molecular weight excluding hydrogens is 332 g/mol. The molecule has 0 unspecified atom stereocenters. The second kappa shape index (κ2) is 9.89. The molecular formula is C15H28N4O2S2. The van der Waals surface area contributed by atoms with E-state index in [2.05, 4.69) is 32.7 Å². The summed E-state index contributed by atoms with van der Waals surface area (Å²) < 4.78 is 24.5. The lowest BCUT2D eigenvalue weighted by Crippen LogP contribution is -2.41. The summed E-state index contributed by atoms with van der Waals surface area (Å²) in [4.78, 5) is 7.73. The lowest BCUT2D eigenvalue weighted by molar-refractivity contribution is 0.420. The molecule has 0 fully saturated rings. The lowest BCUT2D eigenvalue weighted by Gasteiger charge is -2.23. The highest BCUT2D eigenvalue weighted by Gasteiger charge is 2.13. The van der Waals surface area contributed by atoms with Crippen molar-refractivity contribution in [2.75, 3.05) is 46.5 Å².